The molecule has 94 valence electrons. The molecule has 2 unspecified atom stereocenters. The van der Waals surface area contributed by atoms with Crippen LogP contribution in [0.3, 0.4) is 0 Å². The Labute approximate surface area is 99.5 Å². The van der Waals surface area contributed by atoms with E-state index >= 15 is 0 Å². The van der Waals surface area contributed by atoms with Crippen molar-refractivity contribution in [3.63, 3.8) is 0 Å². The van der Waals surface area contributed by atoms with E-state index < -0.39 is 22.4 Å². The molecule has 1 aliphatic carbocycles. The Morgan fingerprint density at radius 2 is 2.18 bits per heavy atom. The molecule has 17 heavy (non-hydrogen) atoms. The van der Waals surface area contributed by atoms with E-state index in [1.165, 1.54) is 6.07 Å². The second kappa shape index (κ2) is 4.36. The fraction of sp³-hybridized carbons (Fsp3) is 0.455. The molecular weight excluding hydrogens is 245 g/mol. The molecule has 1 aromatic rings. The number of benzene rings is 1. The third kappa shape index (κ3) is 2.65. The van der Waals surface area contributed by atoms with Gasteiger partial charge in [0.15, 0.2) is 0 Å². The molecule has 1 fully saturated rings. The second-order valence-corrected chi connectivity index (χ2v) is 6.03. The molecule has 2 rings (SSSR count). The number of halogens is 1. The summed E-state index contributed by atoms with van der Waals surface area (Å²) in [6, 6.07) is 3.26. The van der Waals surface area contributed by atoms with Crippen LogP contribution >= 0.6 is 0 Å². The molecule has 0 amide bonds. The highest BCUT2D eigenvalue weighted by molar-refractivity contribution is 7.89. The fourth-order valence-electron chi connectivity index (χ4n) is 1.66. The van der Waals surface area contributed by atoms with Crippen LogP contribution in [0.1, 0.15) is 18.9 Å². The Kier molecular flexibility index (Phi) is 3.20. The average Bonchev–Trinajstić information content (AvgIpc) is 2.93. The summed E-state index contributed by atoms with van der Waals surface area (Å²) in [5, 5.41) is 9.06. The van der Waals surface area contributed by atoms with Crippen LogP contribution in [0.25, 0.3) is 0 Å². The zero-order valence-corrected chi connectivity index (χ0v) is 10.2. The standard InChI is InChI=1S/C11H14FNO3S/c1-7-4-10(7)13-17(15,16)11-5-9(12)3-2-8(11)6-14/h2-3,5,7,10,13-14H,4,6H2,1H3. The predicted molar refractivity (Wildman–Crippen MR) is 60.2 cm³/mol. The van der Waals surface area contributed by atoms with Gasteiger partial charge < -0.3 is 5.11 Å². The molecular formula is C11H14FNO3S. The van der Waals surface area contributed by atoms with Crippen molar-refractivity contribution >= 4 is 10.0 Å². The van der Waals surface area contributed by atoms with Crippen molar-refractivity contribution in [2.75, 3.05) is 0 Å². The number of hydrogen-bond donors (Lipinski definition) is 2. The van der Waals surface area contributed by atoms with Gasteiger partial charge in [-0.25, -0.2) is 17.5 Å². The highest BCUT2D eigenvalue weighted by Gasteiger charge is 2.37. The van der Waals surface area contributed by atoms with Gasteiger partial charge in [-0.2, -0.15) is 0 Å². The van der Waals surface area contributed by atoms with Crippen LogP contribution in [0.5, 0.6) is 0 Å². The van der Waals surface area contributed by atoms with Crippen LogP contribution in [-0.4, -0.2) is 19.6 Å². The van der Waals surface area contributed by atoms with Crippen LogP contribution in [0.15, 0.2) is 23.1 Å². The third-order valence-electron chi connectivity index (χ3n) is 2.91. The molecule has 0 spiro atoms. The van der Waals surface area contributed by atoms with Crippen molar-refractivity contribution in [1.29, 1.82) is 0 Å². The predicted octanol–water partition coefficient (Wildman–Crippen LogP) is 1.00. The number of nitrogens with one attached hydrogen (secondary N) is 1. The Morgan fingerprint density at radius 1 is 1.53 bits per heavy atom. The fourth-order valence-corrected chi connectivity index (χ4v) is 3.26. The van der Waals surface area contributed by atoms with E-state index in [0.717, 1.165) is 18.6 Å². The maximum atomic E-state index is 13.1. The Morgan fingerprint density at radius 3 is 2.71 bits per heavy atom. The topological polar surface area (TPSA) is 66.4 Å². The van der Waals surface area contributed by atoms with Crippen molar-refractivity contribution in [3.05, 3.63) is 29.6 Å². The van der Waals surface area contributed by atoms with Crippen molar-refractivity contribution in [2.45, 2.75) is 30.9 Å². The average molecular weight is 259 g/mol. The monoisotopic (exact) mass is 259 g/mol. The van der Waals surface area contributed by atoms with Crippen molar-refractivity contribution < 1.29 is 17.9 Å². The van der Waals surface area contributed by atoms with E-state index in [0.29, 0.717) is 5.92 Å². The molecule has 1 aliphatic rings. The molecule has 0 saturated heterocycles. The minimum Gasteiger partial charge on any atom is -0.392 e. The normalized spacial score (nSPS) is 23.7. The lowest BCUT2D eigenvalue weighted by molar-refractivity contribution is 0.278. The molecule has 4 nitrogen and oxygen atoms in total. The summed E-state index contributed by atoms with van der Waals surface area (Å²) < 4.78 is 39.5. The summed E-state index contributed by atoms with van der Waals surface area (Å²) in [6.07, 6.45) is 0.795. The first-order chi connectivity index (χ1) is 7.94. The molecule has 2 atom stereocenters. The van der Waals surface area contributed by atoms with E-state index in [4.69, 9.17) is 5.11 Å². The molecule has 2 N–H and O–H groups in total. The number of sulfonamides is 1. The van der Waals surface area contributed by atoms with E-state index in [1.807, 2.05) is 6.92 Å². The summed E-state index contributed by atoms with van der Waals surface area (Å²) in [4.78, 5) is -0.181. The summed E-state index contributed by atoms with van der Waals surface area (Å²) in [7, 11) is -3.75. The van der Waals surface area contributed by atoms with Gasteiger partial charge in [0.25, 0.3) is 0 Å². The van der Waals surface area contributed by atoms with Gasteiger partial charge in [0.2, 0.25) is 10.0 Å². The minimum absolute atomic E-state index is 0.0742. The van der Waals surface area contributed by atoms with Crippen molar-refractivity contribution in [2.24, 2.45) is 5.92 Å². The van der Waals surface area contributed by atoms with Crippen LogP contribution in [-0.2, 0) is 16.6 Å². The summed E-state index contributed by atoms with van der Waals surface area (Å²) in [5.41, 5.74) is 0.201. The number of aliphatic hydroxyl groups is 1. The van der Waals surface area contributed by atoms with Gasteiger partial charge in [-0.1, -0.05) is 13.0 Å². The third-order valence-corrected chi connectivity index (χ3v) is 4.48. The maximum Gasteiger partial charge on any atom is 0.241 e. The van der Waals surface area contributed by atoms with Gasteiger partial charge in [-0.3, -0.25) is 0 Å². The first-order valence-corrected chi connectivity index (χ1v) is 6.84. The van der Waals surface area contributed by atoms with Gasteiger partial charge in [0.05, 0.1) is 11.5 Å². The molecule has 0 aromatic heterocycles. The highest BCUT2D eigenvalue weighted by atomic mass is 32.2. The van der Waals surface area contributed by atoms with Crippen LogP contribution in [0, 0.1) is 11.7 Å². The van der Waals surface area contributed by atoms with E-state index in [9.17, 15) is 12.8 Å². The lowest BCUT2D eigenvalue weighted by atomic mass is 10.2. The Bertz CT molecular complexity index is 530. The molecule has 1 saturated carbocycles. The number of hydrogen-bond acceptors (Lipinski definition) is 3. The van der Waals surface area contributed by atoms with E-state index in [1.54, 1.807) is 0 Å². The SMILES string of the molecule is CC1CC1NS(=O)(=O)c1cc(F)ccc1CO. The summed E-state index contributed by atoms with van der Waals surface area (Å²) >= 11 is 0. The minimum atomic E-state index is -3.75. The zero-order chi connectivity index (χ0) is 12.6. The number of rotatable bonds is 4. The van der Waals surface area contributed by atoms with Gasteiger partial charge >= 0.3 is 0 Å². The highest BCUT2D eigenvalue weighted by Crippen LogP contribution is 2.31. The second-order valence-electron chi connectivity index (χ2n) is 4.35. The molecule has 0 aliphatic heterocycles. The molecule has 1 aromatic carbocycles. The number of aliphatic hydroxyl groups excluding tert-OH is 1. The van der Waals surface area contributed by atoms with Crippen LogP contribution in [0.2, 0.25) is 0 Å². The van der Waals surface area contributed by atoms with E-state index in [2.05, 4.69) is 4.72 Å². The zero-order valence-electron chi connectivity index (χ0n) is 9.35. The van der Waals surface area contributed by atoms with Gasteiger partial charge in [0.1, 0.15) is 5.82 Å². The summed E-state index contributed by atoms with van der Waals surface area (Å²) in [5.74, 6) is -0.317. The van der Waals surface area contributed by atoms with Crippen molar-refractivity contribution in [3.8, 4) is 0 Å². The molecule has 6 heteroatoms. The maximum absolute atomic E-state index is 13.1. The van der Waals surface area contributed by atoms with Gasteiger partial charge in [-0.05, 0) is 30.0 Å². The smallest absolute Gasteiger partial charge is 0.241 e. The lowest BCUT2D eigenvalue weighted by Crippen LogP contribution is -2.27. The molecule has 0 bridgehead atoms. The van der Waals surface area contributed by atoms with Gasteiger partial charge in [-0.15, -0.1) is 0 Å². The van der Waals surface area contributed by atoms with Gasteiger partial charge in [0, 0.05) is 6.04 Å². The largest absolute Gasteiger partial charge is 0.392 e. The van der Waals surface area contributed by atoms with Crippen molar-refractivity contribution in [1.82, 2.24) is 4.72 Å². The quantitative estimate of drug-likeness (QED) is 0.848. The first kappa shape index (κ1) is 12.5. The molecule has 0 heterocycles. The summed E-state index contributed by atoms with van der Waals surface area (Å²) in [6.45, 7) is 1.50. The Hall–Kier alpha value is -0.980. The molecule has 0 radical (unpaired) electrons. The first-order valence-electron chi connectivity index (χ1n) is 5.35. The Balaban J connectivity index is 2.34. The lowest BCUT2D eigenvalue weighted by Gasteiger charge is -2.09. The van der Waals surface area contributed by atoms with E-state index in [-0.39, 0.29) is 16.5 Å². The van der Waals surface area contributed by atoms with Crippen LogP contribution < -0.4 is 4.72 Å². The van der Waals surface area contributed by atoms with Crippen LogP contribution in [0.4, 0.5) is 4.39 Å².